The molecule has 0 fully saturated rings. The highest BCUT2D eigenvalue weighted by atomic mass is 35.5. The zero-order valence-electron chi connectivity index (χ0n) is 8.46. The smallest absolute Gasteiger partial charge is 0.169 e. The van der Waals surface area contributed by atoms with Gasteiger partial charge >= 0.3 is 0 Å². The Hall–Kier alpha value is -0.560. The van der Waals surface area contributed by atoms with E-state index < -0.39 is 0 Å². The van der Waals surface area contributed by atoms with Gasteiger partial charge in [0.15, 0.2) is 12.4 Å². The summed E-state index contributed by atoms with van der Waals surface area (Å²) in [5.74, 6) is 0. The Balaban J connectivity index is 0.00000144. The van der Waals surface area contributed by atoms with Crippen LogP contribution in [0.2, 0.25) is 0 Å². The molecule has 1 aromatic heterocycles. The van der Waals surface area contributed by atoms with E-state index in [-0.39, 0.29) is 12.4 Å². The lowest BCUT2D eigenvalue weighted by molar-refractivity contribution is -0.697. The normalized spacial score (nSPS) is 9.38. The Labute approximate surface area is 87.2 Å². The zero-order valence-corrected chi connectivity index (χ0v) is 9.22. The first-order valence-corrected chi connectivity index (χ1v) is 4.84. The summed E-state index contributed by atoms with van der Waals surface area (Å²) in [6.07, 6.45) is 7.99. The van der Waals surface area contributed by atoms with Crippen molar-refractivity contribution < 1.29 is 17.0 Å². The number of halogens is 1. The van der Waals surface area contributed by atoms with Crippen LogP contribution in [-0.2, 0) is 13.0 Å². The fourth-order valence-corrected chi connectivity index (χ4v) is 1.35. The van der Waals surface area contributed by atoms with Crippen molar-refractivity contribution in [3.05, 3.63) is 30.1 Å². The second-order valence-electron chi connectivity index (χ2n) is 3.19. The van der Waals surface area contributed by atoms with Gasteiger partial charge in [-0.05, 0) is 12.0 Å². The van der Waals surface area contributed by atoms with Crippen LogP contribution in [0.15, 0.2) is 24.5 Å². The van der Waals surface area contributed by atoms with E-state index in [2.05, 4.69) is 42.9 Å². The predicted molar refractivity (Wildman–Crippen MR) is 50.9 cm³/mol. The van der Waals surface area contributed by atoms with Gasteiger partial charge in [0.25, 0.3) is 0 Å². The first-order valence-electron chi connectivity index (χ1n) is 4.84. The number of hydrogen-bond donors (Lipinski definition) is 0. The molecular weight excluding hydrogens is 182 g/mol. The van der Waals surface area contributed by atoms with Gasteiger partial charge in [-0.15, -0.1) is 0 Å². The lowest BCUT2D eigenvalue weighted by atomic mass is 10.1. The molecule has 0 saturated heterocycles. The van der Waals surface area contributed by atoms with Gasteiger partial charge in [0, 0.05) is 18.6 Å². The van der Waals surface area contributed by atoms with Crippen molar-refractivity contribution in [3.8, 4) is 0 Å². The number of aryl methyl sites for hydroxylation is 2. The molecule has 2 heteroatoms. The third-order valence-corrected chi connectivity index (χ3v) is 1.98. The van der Waals surface area contributed by atoms with E-state index in [0.717, 1.165) is 6.54 Å². The van der Waals surface area contributed by atoms with Gasteiger partial charge in [-0.3, -0.25) is 0 Å². The zero-order chi connectivity index (χ0) is 8.81. The molecule has 0 aliphatic carbocycles. The lowest BCUT2D eigenvalue weighted by Gasteiger charge is -1.96. The summed E-state index contributed by atoms with van der Waals surface area (Å²) < 4.78 is 2.24. The summed E-state index contributed by atoms with van der Waals surface area (Å²) in [4.78, 5) is 0. The van der Waals surface area contributed by atoms with E-state index in [1.54, 1.807) is 0 Å². The van der Waals surface area contributed by atoms with E-state index in [4.69, 9.17) is 0 Å². The van der Waals surface area contributed by atoms with E-state index >= 15 is 0 Å². The molecule has 1 aromatic rings. The number of aromatic nitrogens is 1. The molecule has 1 heterocycles. The van der Waals surface area contributed by atoms with Crippen molar-refractivity contribution in [3.63, 3.8) is 0 Å². The molecule has 1 rings (SSSR count). The number of pyridine rings is 1. The van der Waals surface area contributed by atoms with Gasteiger partial charge in [-0.2, -0.15) is 0 Å². The highest BCUT2D eigenvalue weighted by molar-refractivity contribution is 5.06. The molecule has 13 heavy (non-hydrogen) atoms. The van der Waals surface area contributed by atoms with Crippen LogP contribution in [0.25, 0.3) is 0 Å². The molecule has 0 N–H and O–H groups in total. The molecule has 0 aromatic carbocycles. The second-order valence-corrected chi connectivity index (χ2v) is 3.19. The molecule has 0 radical (unpaired) electrons. The third kappa shape index (κ3) is 4.28. The quantitative estimate of drug-likeness (QED) is 0.567. The molecule has 74 valence electrons. The molecule has 0 aliphatic heterocycles. The topological polar surface area (TPSA) is 3.88 Å². The number of hydrogen-bond acceptors (Lipinski definition) is 0. The van der Waals surface area contributed by atoms with Crippen LogP contribution in [0.1, 0.15) is 32.3 Å². The molecule has 0 unspecified atom stereocenters. The van der Waals surface area contributed by atoms with Gasteiger partial charge < -0.3 is 12.4 Å². The molecule has 0 atom stereocenters. The largest absolute Gasteiger partial charge is 1.00 e. The minimum Gasteiger partial charge on any atom is -1.00 e. The molecule has 0 amide bonds. The van der Waals surface area contributed by atoms with E-state index in [9.17, 15) is 0 Å². The molecule has 1 nitrogen and oxygen atoms in total. The Morgan fingerprint density at radius 2 is 1.69 bits per heavy atom. The van der Waals surface area contributed by atoms with E-state index in [1.165, 1.54) is 24.8 Å². The summed E-state index contributed by atoms with van der Waals surface area (Å²) in [5, 5.41) is 0. The summed E-state index contributed by atoms with van der Waals surface area (Å²) >= 11 is 0. The maximum Gasteiger partial charge on any atom is 0.169 e. The minimum atomic E-state index is 0. The highest BCUT2D eigenvalue weighted by Crippen LogP contribution is 1.98. The minimum absolute atomic E-state index is 0. The van der Waals surface area contributed by atoms with Crippen LogP contribution in [-0.4, -0.2) is 0 Å². The summed E-state index contributed by atoms with van der Waals surface area (Å²) in [7, 11) is 0. The van der Waals surface area contributed by atoms with Crippen LogP contribution >= 0.6 is 0 Å². The summed E-state index contributed by atoms with van der Waals surface area (Å²) in [6.45, 7) is 5.55. The Morgan fingerprint density at radius 3 is 2.15 bits per heavy atom. The van der Waals surface area contributed by atoms with Crippen molar-refractivity contribution in [1.82, 2.24) is 0 Å². The number of rotatable bonds is 4. The standard InChI is InChI=1S/C11H18N.ClH/c1-3-5-11-6-9-12(8-4-2)10-7-11;/h6-7,9-10H,3-5,8H2,1-2H3;1H/q+1;/p-1. The predicted octanol–water partition coefficient (Wildman–Crippen LogP) is -0.659. The van der Waals surface area contributed by atoms with Crippen molar-refractivity contribution >= 4 is 0 Å². The summed E-state index contributed by atoms with van der Waals surface area (Å²) in [5.41, 5.74) is 1.45. The van der Waals surface area contributed by atoms with Gasteiger partial charge in [-0.1, -0.05) is 20.3 Å². The van der Waals surface area contributed by atoms with E-state index in [0.29, 0.717) is 0 Å². The Bertz CT molecular complexity index is 193. The van der Waals surface area contributed by atoms with Crippen molar-refractivity contribution in [2.45, 2.75) is 39.7 Å². The monoisotopic (exact) mass is 199 g/mol. The van der Waals surface area contributed by atoms with Crippen LogP contribution in [0.4, 0.5) is 0 Å². The molecule has 0 aliphatic rings. The van der Waals surface area contributed by atoms with Crippen LogP contribution in [0.5, 0.6) is 0 Å². The van der Waals surface area contributed by atoms with Gasteiger partial charge in [0.2, 0.25) is 0 Å². The fourth-order valence-electron chi connectivity index (χ4n) is 1.35. The molecule has 0 bridgehead atoms. The van der Waals surface area contributed by atoms with Crippen LogP contribution in [0.3, 0.4) is 0 Å². The average molecular weight is 200 g/mol. The fraction of sp³-hybridized carbons (Fsp3) is 0.545. The SMILES string of the molecule is CCCc1cc[n+](CCC)cc1.[Cl-]. The molecule has 0 spiro atoms. The maximum absolute atomic E-state index is 2.24. The summed E-state index contributed by atoms with van der Waals surface area (Å²) in [6, 6.07) is 4.44. The van der Waals surface area contributed by atoms with Crippen molar-refractivity contribution in [1.29, 1.82) is 0 Å². The maximum atomic E-state index is 2.24. The first kappa shape index (κ1) is 12.4. The Kier molecular flexibility index (Phi) is 6.61. The van der Waals surface area contributed by atoms with Crippen LogP contribution < -0.4 is 17.0 Å². The third-order valence-electron chi connectivity index (χ3n) is 1.98. The Morgan fingerprint density at radius 1 is 1.08 bits per heavy atom. The average Bonchev–Trinajstić information content (AvgIpc) is 2.09. The molecular formula is C11H18ClN. The molecule has 0 saturated carbocycles. The van der Waals surface area contributed by atoms with Crippen molar-refractivity contribution in [2.75, 3.05) is 0 Å². The first-order chi connectivity index (χ1) is 5.86. The van der Waals surface area contributed by atoms with Crippen molar-refractivity contribution in [2.24, 2.45) is 0 Å². The van der Waals surface area contributed by atoms with Gasteiger partial charge in [0.1, 0.15) is 6.54 Å². The number of nitrogens with zero attached hydrogens (tertiary/aromatic N) is 1. The highest BCUT2D eigenvalue weighted by Gasteiger charge is 1.97. The van der Waals surface area contributed by atoms with E-state index in [1.807, 2.05) is 0 Å². The van der Waals surface area contributed by atoms with Crippen LogP contribution in [0, 0.1) is 0 Å². The lowest BCUT2D eigenvalue weighted by Crippen LogP contribution is -3.00. The van der Waals surface area contributed by atoms with Gasteiger partial charge in [0.05, 0.1) is 0 Å². The second kappa shape index (κ2) is 6.90. The van der Waals surface area contributed by atoms with Gasteiger partial charge in [-0.25, -0.2) is 4.57 Å².